The van der Waals surface area contributed by atoms with Crippen LogP contribution in [0.3, 0.4) is 0 Å². The van der Waals surface area contributed by atoms with Gasteiger partial charge in [-0.2, -0.15) is 0 Å². The SMILES string of the molecule is O=[N+]([O-])c1ncccc1NCCC1CCCNC1. The highest BCUT2D eigenvalue weighted by atomic mass is 16.6. The van der Waals surface area contributed by atoms with E-state index in [4.69, 9.17) is 0 Å². The minimum atomic E-state index is -0.454. The third-order valence-electron chi connectivity index (χ3n) is 3.23. The first-order chi connectivity index (χ1) is 8.77. The molecule has 6 heteroatoms. The normalized spacial score (nSPS) is 19.4. The summed E-state index contributed by atoms with van der Waals surface area (Å²) in [6.45, 7) is 2.91. The fraction of sp³-hybridized carbons (Fsp3) is 0.583. The van der Waals surface area contributed by atoms with E-state index >= 15 is 0 Å². The number of aromatic nitrogens is 1. The van der Waals surface area contributed by atoms with Crippen LogP contribution in [-0.2, 0) is 0 Å². The Kier molecular flexibility index (Phi) is 4.46. The number of rotatable bonds is 5. The first-order valence-corrected chi connectivity index (χ1v) is 6.31. The molecule has 98 valence electrons. The van der Waals surface area contributed by atoms with Crippen LogP contribution in [0, 0.1) is 16.0 Å². The number of pyridine rings is 1. The van der Waals surface area contributed by atoms with E-state index in [0.717, 1.165) is 26.1 Å². The zero-order valence-corrected chi connectivity index (χ0v) is 10.3. The van der Waals surface area contributed by atoms with E-state index in [1.807, 2.05) is 0 Å². The number of nitrogens with one attached hydrogen (secondary N) is 2. The highest BCUT2D eigenvalue weighted by Gasteiger charge is 2.15. The Morgan fingerprint density at radius 1 is 1.61 bits per heavy atom. The second-order valence-corrected chi connectivity index (χ2v) is 4.56. The quantitative estimate of drug-likeness (QED) is 0.615. The summed E-state index contributed by atoms with van der Waals surface area (Å²) < 4.78 is 0. The van der Waals surface area contributed by atoms with Gasteiger partial charge in [0.15, 0.2) is 0 Å². The van der Waals surface area contributed by atoms with Gasteiger partial charge >= 0.3 is 5.82 Å². The van der Waals surface area contributed by atoms with Gasteiger partial charge in [-0.3, -0.25) is 0 Å². The topological polar surface area (TPSA) is 80.1 Å². The third-order valence-corrected chi connectivity index (χ3v) is 3.23. The summed E-state index contributed by atoms with van der Waals surface area (Å²) in [6.07, 6.45) is 4.93. The zero-order chi connectivity index (χ0) is 12.8. The summed E-state index contributed by atoms with van der Waals surface area (Å²) in [5.41, 5.74) is 0.506. The van der Waals surface area contributed by atoms with Crippen molar-refractivity contribution < 1.29 is 4.92 Å². The van der Waals surface area contributed by atoms with Crippen molar-refractivity contribution in [2.45, 2.75) is 19.3 Å². The molecule has 1 fully saturated rings. The van der Waals surface area contributed by atoms with E-state index in [1.165, 1.54) is 19.0 Å². The number of nitrogens with zero attached hydrogens (tertiary/aromatic N) is 2. The Balaban J connectivity index is 1.84. The molecule has 1 aliphatic rings. The van der Waals surface area contributed by atoms with Gasteiger partial charge in [0.2, 0.25) is 0 Å². The molecule has 1 aromatic rings. The van der Waals surface area contributed by atoms with Crippen LogP contribution in [0.4, 0.5) is 11.5 Å². The predicted octanol–water partition coefficient (Wildman–Crippen LogP) is 1.79. The van der Waals surface area contributed by atoms with Crippen LogP contribution in [-0.4, -0.2) is 29.5 Å². The third kappa shape index (κ3) is 3.40. The van der Waals surface area contributed by atoms with Crippen LogP contribution >= 0.6 is 0 Å². The fourth-order valence-electron chi connectivity index (χ4n) is 2.26. The molecular weight excluding hydrogens is 232 g/mol. The van der Waals surface area contributed by atoms with Crippen LogP contribution in [0.5, 0.6) is 0 Å². The summed E-state index contributed by atoms with van der Waals surface area (Å²) in [5.74, 6) is 0.571. The molecule has 0 bridgehead atoms. The number of hydrogen-bond acceptors (Lipinski definition) is 5. The molecule has 1 saturated heterocycles. The van der Waals surface area contributed by atoms with E-state index in [-0.39, 0.29) is 5.82 Å². The van der Waals surface area contributed by atoms with Crippen molar-refractivity contribution >= 4 is 11.5 Å². The van der Waals surface area contributed by atoms with E-state index in [9.17, 15) is 10.1 Å². The number of nitro groups is 1. The van der Waals surface area contributed by atoms with Gasteiger partial charge in [0.1, 0.15) is 11.9 Å². The van der Waals surface area contributed by atoms with E-state index in [0.29, 0.717) is 11.6 Å². The van der Waals surface area contributed by atoms with Crippen molar-refractivity contribution in [3.8, 4) is 0 Å². The van der Waals surface area contributed by atoms with Gasteiger partial charge in [0.05, 0.1) is 0 Å². The molecule has 0 aromatic carbocycles. The van der Waals surface area contributed by atoms with Crippen LogP contribution in [0.2, 0.25) is 0 Å². The van der Waals surface area contributed by atoms with Gasteiger partial charge in [-0.05, 0) is 60.3 Å². The second-order valence-electron chi connectivity index (χ2n) is 4.56. The van der Waals surface area contributed by atoms with Crippen molar-refractivity contribution in [3.63, 3.8) is 0 Å². The summed E-state index contributed by atoms with van der Waals surface area (Å²) in [7, 11) is 0. The molecule has 1 atom stereocenters. The molecule has 2 rings (SSSR count). The Morgan fingerprint density at radius 2 is 2.50 bits per heavy atom. The van der Waals surface area contributed by atoms with Crippen LogP contribution in [0.1, 0.15) is 19.3 Å². The molecule has 0 aliphatic carbocycles. The van der Waals surface area contributed by atoms with E-state index in [2.05, 4.69) is 15.6 Å². The lowest BCUT2D eigenvalue weighted by molar-refractivity contribution is -0.388. The summed E-state index contributed by atoms with van der Waals surface area (Å²) in [6, 6.07) is 3.40. The molecule has 1 aromatic heterocycles. The van der Waals surface area contributed by atoms with Crippen molar-refractivity contribution in [2.75, 3.05) is 25.0 Å². The number of piperidine rings is 1. The average Bonchev–Trinajstić information content (AvgIpc) is 2.40. The van der Waals surface area contributed by atoms with Gasteiger partial charge in [-0.1, -0.05) is 0 Å². The van der Waals surface area contributed by atoms with E-state index < -0.39 is 4.92 Å². The fourth-order valence-corrected chi connectivity index (χ4v) is 2.26. The molecule has 6 nitrogen and oxygen atoms in total. The van der Waals surface area contributed by atoms with Crippen molar-refractivity contribution in [1.29, 1.82) is 0 Å². The van der Waals surface area contributed by atoms with Gasteiger partial charge in [0.25, 0.3) is 0 Å². The molecule has 0 saturated carbocycles. The van der Waals surface area contributed by atoms with Crippen LogP contribution in [0.25, 0.3) is 0 Å². The predicted molar refractivity (Wildman–Crippen MR) is 69.6 cm³/mol. The molecule has 0 radical (unpaired) electrons. The van der Waals surface area contributed by atoms with Gasteiger partial charge in [0, 0.05) is 6.54 Å². The lowest BCUT2D eigenvalue weighted by Crippen LogP contribution is -2.30. The van der Waals surface area contributed by atoms with Crippen molar-refractivity contribution in [1.82, 2.24) is 10.3 Å². The first-order valence-electron chi connectivity index (χ1n) is 6.31. The zero-order valence-electron chi connectivity index (χ0n) is 10.3. The highest BCUT2D eigenvalue weighted by molar-refractivity contribution is 5.56. The average molecular weight is 250 g/mol. The minimum Gasteiger partial charge on any atom is -0.378 e. The first kappa shape index (κ1) is 12.8. The Morgan fingerprint density at radius 3 is 3.22 bits per heavy atom. The molecule has 0 spiro atoms. The number of hydrogen-bond donors (Lipinski definition) is 2. The molecule has 18 heavy (non-hydrogen) atoms. The molecule has 2 N–H and O–H groups in total. The lowest BCUT2D eigenvalue weighted by Gasteiger charge is -2.22. The highest BCUT2D eigenvalue weighted by Crippen LogP contribution is 2.21. The molecule has 1 unspecified atom stereocenters. The van der Waals surface area contributed by atoms with Crippen LogP contribution in [0.15, 0.2) is 18.3 Å². The smallest absolute Gasteiger partial charge is 0.378 e. The van der Waals surface area contributed by atoms with Gasteiger partial charge < -0.3 is 20.7 Å². The Labute approximate surface area is 106 Å². The van der Waals surface area contributed by atoms with Crippen molar-refractivity contribution in [3.05, 3.63) is 28.4 Å². The summed E-state index contributed by atoms with van der Waals surface area (Å²) >= 11 is 0. The second kappa shape index (κ2) is 6.30. The molecule has 0 amide bonds. The molecule has 1 aliphatic heterocycles. The van der Waals surface area contributed by atoms with E-state index in [1.54, 1.807) is 12.1 Å². The van der Waals surface area contributed by atoms with Crippen LogP contribution < -0.4 is 10.6 Å². The Bertz CT molecular complexity index is 405. The maximum Gasteiger partial charge on any atom is 0.386 e. The monoisotopic (exact) mass is 250 g/mol. The molecular formula is C12H18N4O2. The summed E-state index contributed by atoms with van der Waals surface area (Å²) in [4.78, 5) is 14.1. The van der Waals surface area contributed by atoms with Gasteiger partial charge in [-0.25, -0.2) is 0 Å². The standard InChI is InChI=1S/C12H18N4O2/c17-16(18)12-11(4-2-7-15-12)14-8-5-10-3-1-6-13-9-10/h2,4,7,10,13-14H,1,3,5-6,8-9H2. The summed E-state index contributed by atoms with van der Waals surface area (Å²) in [5, 5.41) is 17.3. The lowest BCUT2D eigenvalue weighted by atomic mass is 9.96. The molecule has 2 heterocycles. The minimum absolute atomic E-state index is 0.0979. The van der Waals surface area contributed by atoms with Crippen molar-refractivity contribution in [2.24, 2.45) is 5.92 Å². The number of anilines is 1. The largest absolute Gasteiger partial charge is 0.386 e. The maximum absolute atomic E-state index is 10.8. The maximum atomic E-state index is 10.8. The van der Waals surface area contributed by atoms with Gasteiger partial charge in [-0.15, -0.1) is 0 Å². The Hall–Kier alpha value is -1.69.